The smallest absolute Gasteiger partial charge is 0.0168 e. The Bertz CT molecular complexity index is 2150. The summed E-state index contributed by atoms with van der Waals surface area (Å²) in [6, 6.07) is 53.2. The third-order valence-corrected chi connectivity index (χ3v) is 9.16. The lowest BCUT2D eigenvalue weighted by Crippen LogP contribution is -2.42. The van der Waals surface area contributed by atoms with Crippen LogP contribution in [-0.4, -0.2) is 0 Å². The van der Waals surface area contributed by atoms with Crippen molar-refractivity contribution >= 4 is 21.9 Å². The fourth-order valence-corrected chi connectivity index (χ4v) is 7.41. The summed E-state index contributed by atoms with van der Waals surface area (Å²) in [6.07, 6.45) is 7.03. The van der Waals surface area contributed by atoms with Gasteiger partial charge < -0.3 is 0 Å². The number of rotatable bonds is 4. The maximum Gasteiger partial charge on any atom is 0.0168 e. The molecule has 2 aliphatic carbocycles. The van der Waals surface area contributed by atoms with Crippen LogP contribution >= 0.6 is 0 Å². The van der Waals surface area contributed by atoms with Crippen molar-refractivity contribution in [3.8, 4) is 22.3 Å². The molecule has 0 amide bonds. The van der Waals surface area contributed by atoms with Gasteiger partial charge in [0, 0.05) is 5.92 Å². The Hall–Kier alpha value is -5.20. The number of hydrogen-bond acceptors (Lipinski definition) is 0. The summed E-state index contributed by atoms with van der Waals surface area (Å²) < 4.78 is 0. The van der Waals surface area contributed by atoms with E-state index in [1.165, 1.54) is 71.3 Å². The molecule has 8 rings (SSSR count). The van der Waals surface area contributed by atoms with E-state index < -0.39 is 0 Å². The van der Waals surface area contributed by atoms with Crippen LogP contribution in [0.15, 0.2) is 169 Å². The summed E-state index contributed by atoms with van der Waals surface area (Å²) in [5.41, 5.74) is 11.8. The molecule has 0 N–H and O–H groups in total. The van der Waals surface area contributed by atoms with Gasteiger partial charge in [0.15, 0.2) is 0 Å². The Labute approximate surface area is 253 Å². The van der Waals surface area contributed by atoms with Gasteiger partial charge in [-0.1, -0.05) is 171 Å². The lowest BCUT2D eigenvalue weighted by Gasteiger charge is -2.36. The number of benzene rings is 6. The average Bonchev–Trinajstić information content (AvgIpc) is 3.08. The van der Waals surface area contributed by atoms with Crippen LogP contribution in [0.5, 0.6) is 0 Å². The second-order valence-electron chi connectivity index (χ2n) is 11.6. The van der Waals surface area contributed by atoms with Crippen molar-refractivity contribution in [3.63, 3.8) is 0 Å². The van der Waals surface area contributed by atoms with Gasteiger partial charge in [-0.15, -0.1) is 0 Å². The summed E-state index contributed by atoms with van der Waals surface area (Å²) >= 11 is 0. The van der Waals surface area contributed by atoms with E-state index in [1.54, 1.807) is 0 Å². The Morgan fingerprint density at radius 3 is 1.42 bits per heavy atom. The van der Waals surface area contributed by atoms with Gasteiger partial charge in [-0.05, 0) is 77.2 Å². The van der Waals surface area contributed by atoms with Crippen LogP contribution in [0.4, 0.5) is 0 Å². The highest BCUT2D eigenvalue weighted by Crippen LogP contribution is 2.45. The maximum absolute atomic E-state index is 2.38. The molecule has 0 bridgehead atoms. The van der Waals surface area contributed by atoms with Gasteiger partial charge >= 0.3 is 0 Å². The normalized spacial score (nSPS) is 17.4. The van der Waals surface area contributed by atoms with E-state index in [2.05, 4.69) is 171 Å². The highest BCUT2D eigenvalue weighted by atomic mass is 14.4. The third-order valence-electron chi connectivity index (χ3n) is 9.16. The minimum Gasteiger partial charge on any atom is -0.0807 e. The minimum absolute atomic E-state index is 0.224. The molecule has 43 heavy (non-hydrogen) atoms. The van der Waals surface area contributed by atoms with Crippen molar-refractivity contribution in [1.29, 1.82) is 0 Å². The zero-order valence-electron chi connectivity index (χ0n) is 24.2. The third kappa shape index (κ3) is 4.14. The van der Waals surface area contributed by atoms with Gasteiger partial charge in [0.05, 0.1) is 0 Å². The summed E-state index contributed by atoms with van der Waals surface area (Å²) in [4.78, 5) is 0. The number of fused-ring (bicyclic) bond motifs is 3. The first-order chi connectivity index (χ1) is 21.3. The van der Waals surface area contributed by atoms with Crippen molar-refractivity contribution in [3.05, 3.63) is 191 Å². The standard InChI is InChI=1S/C43H32/c1-29-17-16-28-36-37(29)41(33-24-12-5-13-25-33)43-39(31-20-8-3-9-21-31)35-27-15-14-26-34(35)38(30-18-6-2-7-19-30)42(43)40(36)32-22-10-4-11-23-32/h2-29,37H,1H3. The predicted octanol–water partition coefficient (Wildman–Crippen LogP) is 9.33. The lowest BCUT2D eigenvalue weighted by molar-refractivity contribution is 0.598. The molecule has 204 valence electrons. The monoisotopic (exact) mass is 548 g/mol. The zero-order chi connectivity index (χ0) is 28.8. The lowest BCUT2D eigenvalue weighted by atomic mass is 9.66. The van der Waals surface area contributed by atoms with E-state index in [0.29, 0.717) is 5.92 Å². The molecular weight excluding hydrogens is 516 g/mol. The summed E-state index contributed by atoms with van der Waals surface area (Å²) in [5.74, 6) is 0.569. The van der Waals surface area contributed by atoms with Crippen LogP contribution in [0.3, 0.4) is 0 Å². The van der Waals surface area contributed by atoms with Crippen molar-refractivity contribution in [2.75, 3.05) is 0 Å². The van der Waals surface area contributed by atoms with Crippen LogP contribution in [0.25, 0.3) is 44.2 Å². The van der Waals surface area contributed by atoms with E-state index >= 15 is 0 Å². The highest BCUT2D eigenvalue weighted by molar-refractivity contribution is 6.09. The van der Waals surface area contributed by atoms with Gasteiger partial charge in [0.25, 0.3) is 0 Å². The molecule has 0 aromatic heterocycles. The molecule has 2 unspecified atom stereocenters. The zero-order valence-corrected chi connectivity index (χ0v) is 24.2. The van der Waals surface area contributed by atoms with Gasteiger partial charge in [-0.3, -0.25) is 0 Å². The highest BCUT2D eigenvalue weighted by Gasteiger charge is 2.35. The Morgan fingerprint density at radius 1 is 0.442 bits per heavy atom. The van der Waals surface area contributed by atoms with E-state index in [1.807, 2.05) is 0 Å². The second-order valence-corrected chi connectivity index (χ2v) is 11.6. The molecule has 0 saturated carbocycles. The van der Waals surface area contributed by atoms with Crippen LogP contribution in [-0.2, 0) is 0 Å². The van der Waals surface area contributed by atoms with E-state index in [4.69, 9.17) is 0 Å². The SMILES string of the molecule is CC1C=CC=C2C(c3ccccc3)=c3c(-c4ccccc4)c4ccccc4c(-c4ccccc4)c3=C(c3ccccc3)C21. The fourth-order valence-electron chi connectivity index (χ4n) is 7.41. The molecule has 0 spiro atoms. The maximum atomic E-state index is 2.38. The largest absolute Gasteiger partial charge is 0.0807 e. The topological polar surface area (TPSA) is 0 Å². The van der Waals surface area contributed by atoms with E-state index in [9.17, 15) is 0 Å². The van der Waals surface area contributed by atoms with Crippen LogP contribution in [0, 0.1) is 11.8 Å². The number of hydrogen-bond donors (Lipinski definition) is 0. The minimum atomic E-state index is 0.224. The van der Waals surface area contributed by atoms with Crippen LogP contribution in [0.2, 0.25) is 0 Å². The van der Waals surface area contributed by atoms with Gasteiger partial charge in [0.2, 0.25) is 0 Å². The molecule has 0 radical (unpaired) electrons. The second kappa shape index (κ2) is 10.6. The molecule has 6 aromatic carbocycles. The molecule has 0 aliphatic heterocycles. The van der Waals surface area contributed by atoms with Crippen LogP contribution < -0.4 is 10.4 Å². The Morgan fingerprint density at radius 2 is 0.884 bits per heavy atom. The van der Waals surface area contributed by atoms with E-state index in [0.717, 1.165) is 0 Å². The molecular formula is C43H32. The van der Waals surface area contributed by atoms with Crippen LogP contribution in [0.1, 0.15) is 18.1 Å². The summed E-state index contributed by atoms with van der Waals surface area (Å²) in [5, 5.41) is 5.26. The van der Waals surface area contributed by atoms with Crippen molar-refractivity contribution in [2.24, 2.45) is 11.8 Å². The van der Waals surface area contributed by atoms with Gasteiger partial charge in [-0.2, -0.15) is 0 Å². The molecule has 0 heterocycles. The average molecular weight is 549 g/mol. The number of allylic oxidation sites excluding steroid dienone is 4. The fraction of sp³-hybridized carbons (Fsp3) is 0.0698. The van der Waals surface area contributed by atoms with E-state index in [-0.39, 0.29) is 5.92 Å². The first kappa shape index (κ1) is 25.5. The quantitative estimate of drug-likeness (QED) is 0.206. The molecule has 2 aliphatic rings. The Kier molecular flexibility index (Phi) is 6.27. The van der Waals surface area contributed by atoms with Gasteiger partial charge in [-0.25, -0.2) is 0 Å². The van der Waals surface area contributed by atoms with Crippen molar-refractivity contribution in [2.45, 2.75) is 6.92 Å². The molecule has 2 atom stereocenters. The molecule has 0 nitrogen and oxygen atoms in total. The molecule has 0 saturated heterocycles. The van der Waals surface area contributed by atoms with Crippen molar-refractivity contribution in [1.82, 2.24) is 0 Å². The molecule has 0 heteroatoms. The van der Waals surface area contributed by atoms with Gasteiger partial charge in [0.1, 0.15) is 0 Å². The first-order valence-corrected chi connectivity index (χ1v) is 15.2. The predicted molar refractivity (Wildman–Crippen MR) is 182 cm³/mol. The molecule has 0 fully saturated rings. The summed E-state index contributed by atoms with van der Waals surface area (Å²) in [6.45, 7) is 2.38. The Balaban J connectivity index is 1.77. The summed E-state index contributed by atoms with van der Waals surface area (Å²) in [7, 11) is 0. The molecule has 6 aromatic rings. The first-order valence-electron chi connectivity index (χ1n) is 15.2. The van der Waals surface area contributed by atoms with Crippen molar-refractivity contribution < 1.29 is 0 Å².